The summed E-state index contributed by atoms with van der Waals surface area (Å²) in [5.74, 6) is 0. The van der Waals surface area contributed by atoms with Gasteiger partial charge < -0.3 is 5.32 Å². The second kappa shape index (κ2) is 6.32. The quantitative estimate of drug-likeness (QED) is 0.802. The fourth-order valence-electron chi connectivity index (χ4n) is 2.75. The van der Waals surface area contributed by atoms with Crippen molar-refractivity contribution in [2.24, 2.45) is 0 Å². The molecule has 18 heavy (non-hydrogen) atoms. The Morgan fingerprint density at radius 3 is 2.39 bits per heavy atom. The van der Waals surface area contributed by atoms with Crippen LogP contribution in [0.1, 0.15) is 45.4 Å². The molecular weight excluding hydrogens is 250 g/mol. The van der Waals surface area contributed by atoms with E-state index in [0.29, 0.717) is 13.1 Å². The normalized spacial score (nSPS) is 32.1. The Labute approximate surface area is 110 Å². The summed E-state index contributed by atoms with van der Waals surface area (Å²) in [6.45, 7) is 4.38. The highest BCUT2D eigenvalue weighted by molar-refractivity contribution is 7.87. The minimum Gasteiger partial charge on any atom is -0.313 e. The molecule has 106 valence electrons. The molecule has 2 rings (SSSR count). The van der Waals surface area contributed by atoms with Crippen molar-refractivity contribution < 1.29 is 8.42 Å². The Hall–Kier alpha value is -0.170. The Kier molecular flexibility index (Phi) is 5.00. The van der Waals surface area contributed by atoms with E-state index in [0.717, 1.165) is 45.1 Å². The summed E-state index contributed by atoms with van der Waals surface area (Å²) in [5, 5.41) is 3.32. The minimum absolute atomic E-state index is 0.0343. The highest BCUT2D eigenvalue weighted by Crippen LogP contribution is 2.15. The minimum atomic E-state index is -3.30. The number of piperidine rings is 1. The van der Waals surface area contributed by atoms with Crippen LogP contribution in [0.2, 0.25) is 0 Å². The average Bonchev–Trinajstić information content (AvgIpc) is 2.61. The van der Waals surface area contributed by atoms with Crippen LogP contribution in [-0.2, 0) is 10.2 Å². The van der Waals surface area contributed by atoms with E-state index in [4.69, 9.17) is 0 Å². The molecule has 0 spiro atoms. The van der Waals surface area contributed by atoms with Crippen molar-refractivity contribution in [3.63, 3.8) is 0 Å². The summed E-state index contributed by atoms with van der Waals surface area (Å²) in [6, 6.07) is 0.257. The maximum absolute atomic E-state index is 12.3. The molecule has 2 unspecified atom stereocenters. The highest BCUT2D eigenvalue weighted by Gasteiger charge is 2.29. The van der Waals surface area contributed by atoms with E-state index in [1.54, 1.807) is 4.31 Å². The number of rotatable bonds is 3. The zero-order valence-corrected chi connectivity index (χ0v) is 12.0. The predicted molar refractivity (Wildman–Crippen MR) is 72.6 cm³/mol. The van der Waals surface area contributed by atoms with Gasteiger partial charge in [-0.3, -0.25) is 0 Å². The number of nitrogens with zero attached hydrogens (tertiary/aromatic N) is 1. The monoisotopic (exact) mass is 275 g/mol. The topological polar surface area (TPSA) is 61.4 Å². The van der Waals surface area contributed by atoms with Crippen LogP contribution in [0, 0.1) is 0 Å². The van der Waals surface area contributed by atoms with E-state index in [1.807, 2.05) is 0 Å². The molecule has 0 aromatic heterocycles. The molecule has 2 fully saturated rings. The van der Waals surface area contributed by atoms with Crippen molar-refractivity contribution in [2.45, 2.75) is 57.5 Å². The molecular formula is C12H25N3O2S. The van der Waals surface area contributed by atoms with Gasteiger partial charge in [-0.1, -0.05) is 12.8 Å². The lowest BCUT2D eigenvalue weighted by Gasteiger charge is -2.32. The Morgan fingerprint density at radius 1 is 1.11 bits per heavy atom. The molecule has 5 nitrogen and oxygen atoms in total. The van der Waals surface area contributed by atoms with Crippen molar-refractivity contribution >= 4 is 10.2 Å². The van der Waals surface area contributed by atoms with Gasteiger partial charge in [-0.25, -0.2) is 0 Å². The average molecular weight is 275 g/mol. The van der Waals surface area contributed by atoms with Crippen molar-refractivity contribution in [3.05, 3.63) is 0 Å². The van der Waals surface area contributed by atoms with Crippen molar-refractivity contribution in [1.82, 2.24) is 14.3 Å². The van der Waals surface area contributed by atoms with E-state index >= 15 is 0 Å². The second-order valence-electron chi connectivity index (χ2n) is 5.43. The van der Waals surface area contributed by atoms with Crippen molar-refractivity contribution in [3.8, 4) is 0 Å². The Balaban J connectivity index is 1.96. The third-order valence-corrected chi connectivity index (χ3v) is 5.61. The summed E-state index contributed by atoms with van der Waals surface area (Å²) >= 11 is 0. The van der Waals surface area contributed by atoms with Crippen LogP contribution in [0.4, 0.5) is 0 Å². The second-order valence-corrected chi connectivity index (χ2v) is 7.13. The standard InChI is InChI=1S/C12H25N3O2S/c1-11-12(7-6-8-13-11)14-18(16,17)15-9-4-2-3-5-10-15/h11-14H,2-10H2,1H3. The van der Waals surface area contributed by atoms with Gasteiger partial charge in [0.05, 0.1) is 0 Å². The summed E-state index contributed by atoms with van der Waals surface area (Å²) < 4.78 is 29.2. The molecule has 6 heteroatoms. The lowest BCUT2D eigenvalue weighted by molar-refractivity contribution is 0.334. The first-order chi connectivity index (χ1) is 8.59. The maximum Gasteiger partial charge on any atom is 0.279 e. The summed E-state index contributed by atoms with van der Waals surface area (Å²) in [5.41, 5.74) is 0. The third kappa shape index (κ3) is 3.66. The van der Waals surface area contributed by atoms with Gasteiger partial charge in [0.25, 0.3) is 10.2 Å². The van der Waals surface area contributed by atoms with Gasteiger partial charge in [0.1, 0.15) is 0 Å². The molecule has 0 radical (unpaired) electrons. The van der Waals surface area contributed by atoms with Crippen LogP contribution in [0.5, 0.6) is 0 Å². The zero-order valence-electron chi connectivity index (χ0n) is 11.2. The van der Waals surface area contributed by atoms with Gasteiger partial charge in [0, 0.05) is 25.2 Å². The predicted octanol–water partition coefficient (Wildman–Crippen LogP) is 0.837. The molecule has 2 saturated heterocycles. The van der Waals surface area contributed by atoms with Gasteiger partial charge in [-0.15, -0.1) is 0 Å². The fraction of sp³-hybridized carbons (Fsp3) is 1.00. The SMILES string of the molecule is CC1NCCCC1NS(=O)(=O)N1CCCCCC1. The van der Waals surface area contributed by atoms with Gasteiger partial charge in [-0.2, -0.15) is 17.4 Å². The lowest BCUT2D eigenvalue weighted by atomic mass is 10.0. The number of hydrogen-bond acceptors (Lipinski definition) is 3. The van der Waals surface area contributed by atoms with Crippen LogP contribution < -0.4 is 10.0 Å². The number of hydrogen-bond donors (Lipinski definition) is 2. The molecule has 0 aliphatic carbocycles. The lowest BCUT2D eigenvalue weighted by Crippen LogP contribution is -2.55. The molecule has 0 saturated carbocycles. The summed E-state index contributed by atoms with van der Waals surface area (Å²) in [6.07, 6.45) is 6.23. The molecule has 0 aromatic rings. The molecule has 2 aliphatic rings. The van der Waals surface area contributed by atoms with E-state index in [1.165, 1.54) is 0 Å². The van der Waals surface area contributed by atoms with Crippen LogP contribution >= 0.6 is 0 Å². The Bertz CT molecular complexity index is 350. The summed E-state index contributed by atoms with van der Waals surface area (Å²) in [7, 11) is -3.30. The zero-order chi connectivity index (χ0) is 13.0. The highest BCUT2D eigenvalue weighted by atomic mass is 32.2. The van der Waals surface area contributed by atoms with E-state index in [2.05, 4.69) is 17.0 Å². The third-order valence-electron chi connectivity index (χ3n) is 3.97. The molecule has 0 aromatic carbocycles. The van der Waals surface area contributed by atoms with Crippen LogP contribution in [0.25, 0.3) is 0 Å². The molecule has 0 bridgehead atoms. The first kappa shape index (κ1) is 14.2. The molecule has 2 aliphatic heterocycles. The van der Waals surface area contributed by atoms with Crippen LogP contribution in [0.15, 0.2) is 0 Å². The number of nitrogens with one attached hydrogen (secondary N) is 2. The van der Waals surface area contributed by atoms with E-state index < -0.39 is 10.2 Å². The van der Waals surface area contributed by atoms with Gasteiger partial charge >= 0.3 is 0 Å². The summed E-state index contributed by atoms with van der Waals surface area (Å²) in [4.78, 5) is 0. The molecule has 2 atom stereocenters. The first-order valence-corrected chi connectivity index (χ1v) is 8.54. The fourth-order valence-corrected chi connectivity index (χ4v) is 4.35. The molecule has 2 heterocycles. The maximum atomic E-state index is 12.3. The molecule has 0 amide bonds. The van der Waals surface area contributed by atoms with E-state index in [9.17, 15) is 8.42 Å². The van der Waals surface area contributed by atoms with Crippen molar-refractivity contribution in [1.29, 1.82) is 0 Å². The van der Waals surface area contributed by atoms with Gasteiger partial charge in [0.15, 0.2) is 0 Å². The largest absolute Gasteiger partial charge is 0.313 e. The van der Waals surface area contributed by atoms with Crippen LogP contribution in [-0.4, -0.2) is 44.4 Å². The Morgan fingerprint density at radius 2 is 1.78 bits per heavy atom. The van der Waals surface area contributed by atoms with Crippen LogP contribution in [0.3, 0.4) is 0 Å². The van der Waals surface area contributed by atoms with Crippen molar-refractivity contribution in [2.75, 3.05) is 19.6 Å². The first-order valence-electron chi connectivity index (χ1n) is 7.10. The van der Waals surface area contributed by atoms with Gasteiger partial charge in [0.2, 0.25) is 0 Å². The van der Waals surface area contributed by atoms with Gasteiger partial charge in [-0.05, 0) is 39.2 Å². The molecule has 2 N–H and O–H groups in total. The smallest absolute Gasteiger partial charge is 0.279 e. The van der Waals surface area contributed by atoms with E-state index in [-0.39, 0.29) is 12.1 Å².